The number of anilines is 2. The average Bonchev–Trinajstić information content (AvgIpc) is 3.26. The second-order valence-electron chi connectivity index (χ2n) is 5.12. The Hall–Kier alpha value is -1.97. The number of carbonyl (C=O) groups excluding carboxylic acids is 1. The quantitative estimate of drug-likeness (QED) is 0.608. The van der Waals surface area contributed by atoms with E-state index in [0.717, 1.165) is 10.6 Å². The first-order chi connectivity index (χ1) is 12.1. The van der Waals surface area contributed by atoms with Crippen molar-refractivity contribution in [3.8, 4) is 0 Å². The predicted octanol–water partition coefficient (Wildman–Crippen LogP) is 4.23. The van der Waals surface area contributed by atoms with Crippen molar-refractivity contribution in [2.24, 2.45) is 0 Å². The summed E-state index contributed by atoms with van der Waals surface area (Å²) in [7, 11) is 1.80. The maximum Gasteiger partial charge on any atom is 0.233 e. The minimum atomic E-state index is -0.288. The number of nitrogens with zero attached hydrogens (tertiary/aromatic N) is 3. The summed E-state index contributed by atoms with van der Waals surface area (Å²) < 4.78 is 13.6. The molecule has 130 valence electrons. The van der Waals surface area contributed by atoms with E-state index < -0.39 is 0 Å². The lowest BCUT2D eigenvalue weighted by atomic mass is 10.3. The maximum absolute atomic E-state index is 12.9. The largest absolute Gasteiger partial charge is 0.340 e. The van der Waals surface area contributed by atoms with Gasteiger partial charge in [-0.2, -0.15) is 0 Å². The molecule has 1 aromatic carbocycles. The average molecular weight is 395 g/mol. The van der Waals surface area contributed by atoms with E-state index in [4.69, 9.17) is 0 Å². The molecule has 0 atom stereocenters. The van der Waals surface area contributed by atoms with Crippen molar-refractivity contribution < 1.29 is 9.18 Å². The number of carbonyl (C=O) groups is 1. The molecular weight excluding hydrogens is 379 g/mol. The Labute approximate surface area is 156 Å². The molecule has 0 unspecified atom stereocenters. The van der Waals surface area contributed by atoms with E-state index in [1.807, 2.05) is 17.5 Å². The summed E-state index contributed by atoms with van der Waals surface area (Å²) in [6.07, 6.45) is 0. The van der Waals surface area contributed by atoms with Crippen LogP contribution >= 0.6 is 34.4 Å². The Bertz CT molecular complexity index is 820. The van der Waals surface area contributed by atoms with Crippen molar-refractivity contribution in [3.63, 3.8) is 0 Å². The molecule has 0 radical (unpaired) electrons. The maximum atomic E-state index is 12.9. The number of rotatable bonds is 7. The van der Waals surface area contributed by atoms with Crippen LogP contribution < -0.4 is 5.32 Å². The van der Waals surface area contributed by atoms with Crippen LogP contribution in [0.2, 0.25) is 0 Å². The third-order valence-corrected chi connectivity index (χ3v) is 6.04. The molecule has 0 saturated heterocycles. The van der Waals surface area contributed by atoms with E-state index in [1.54, 1.807) is 35.4 Å². The van der Waals surface area contributed by atoms with Gasteiger partial charge in [-0.15, -0.1) is 21.5 Å². The molecule has 0 fully saturated rings. The monoisotopic (exact) mass is 394 g/mol. The van der Waals surface area contributed by atoms with Crippen molar-refractivity contribution in [2.75, 3.05) is 18.1 Å². The van der Waals surface area contributed by atoms with E-state index in [0.29, 0.717) is 21.8 Å². The van der Waals surface area contributed by atoms with E-state index in [-0.39, 0.29) is 11.7 Å². The predicted molar refractivity (Wildman–Crippen MR) is 101 cm³/mol. The minimum Gasteiger partial charge on any atom is -0.340 e. The summed E-state index contributed by atoms with van der Waals surface area (Å²) in [5.74, 6) is 0.0680. The summed E-state index contributed by atoms with van der Waals surface area (Å²) in [5.41, 5.74) is 0.737. The highest BCUT2D eigenvalue weighted by Gasteiger charge is 2.13. The van der Waals surface area contributed by atoms with Gasteiger partial charge in [-0.3, -0.25) is 4.79 Å². The van der Waals surface area contributed by atoms with Gasteiger partial charge < -0.3 is 10.2 Å². The van der Waals surface area contributed by atoms with Crippen LogP contribution in [-0.4, -0.2) is 33.8 Å². The number of nitrogens with one attached hydrogen (secondary N) is 1. The van der Waals surface area contributed by atoms with Crippen LogP contribution in [0.4, 0.5) is 15.2 Å². The number of amides is 1. The first-order valence-electron chi connectivity index (χ1n) is 7.35. The summed E-state index contributed by atoms with van der Waals surface area (Å²) in [4.78, 5) is 15.0. The summed E-state index contributed by atoms with van der Waals surface area (Å²) in [5, 5.41) is 13.8. The number of halogens is 1. The van der Waals surface area contributed by atoms with Crippen LogP contribution in [-0.2, 0) is 11.3 Å². The molecule has 0 spiro atoms. The Morgan fingerprint density at radius 1 is 1.28 bits per heavy atom. The lowest BCUT2D eigenvalue weighted by Gasteiger charge is -2.15. The molecule has 0 bridgehead atoms. The Morgan fingerprint density at radius 3 is 2.80 bits per heavy atom. The normalized spacial score (nSPS) is 10.6. The molecule has 0 aliphatic rings. The fourth-order valence-electron chi connectivity index (χ4n) is 1.93. The van der Waals surface area contributed by atoms with Crippen molar-refractivity contribution in [1.29, 1.82) is 0 Å². The second-order valence-corrected chi connectivity index (χ2v) is 8.36. The zero-order chi connectivity index (χ0) is 17.6. The molecule has 5 nitrogen and oxygen atoms in total. The molecule has 0 aliphatic carbocycles. The highest BCUT2D eigenvalue weighted by molar-refractivity contribution is 8.01. The zero-order valence-corrected chi connectivity index (χ0v) is 15.8. The third-order valence-electron chi connectivity index (χ3n) is 3.22. The van der Waals surface area contributed by atoms with Gasteiger partial charge in [0.15, 0.2) is 4.34 Å². The molecule has 1 N–H and O–H groups in total. The Kier molecular flexibility index (Phi) is 6.00. The van der Waals surface area contributed by atoms with Crippen LogP contribution in [0.15, 0.2) is 46.1 Å². The van der Waals surface area contributed by atoms with Gasteiger partial charge in [0.2, 0.25) is 11.0 Å². The van der Waals surface area contributed by atoms with Crippen molar-refractivity contribution >= 4 is 51.2 Å². The molecule has 2 heterocycles. The highest BCUT2D eigenvalue weighted by atomic mass is 32.2. The molecule has 0 saturated carbocycles. The summed E-state index contributed by atoms with van der Waals surface area (Å²) in [6, 6.07) is 10.0. The van der Waals surface area contributed by atoms with Crippen molar-refractivity contribution in [3.05, 3.63) is 52.5 Å². The van der Waals surface area contributed by atoms with Gasteiger partial charge in [-0.25, -0.2) is 4.39 Å². The minimum absolute atomic E-state index is 0.0432. The van der Waals surface area contributed by atoms with Gasteiger partial charge in [0.1, 0.15) is 5.82 Å². The lowest BCUT2D eigenvalue weighted by molar-refractivity contribution is -0.127. The van der Waals surface area contributed by atoms with E-state index in [9.17, 15) is 9.18 Å². The van der Waals surface area contributed by atoms with Gasteiger partial charge in [0.05, 0.1) is 12.3 Å². The molecule has 1 amide bonds. The fourth-order valence-corrected chi connectivity index (χ4v) is 4.40. The number of thioether (sulfide) groups is 1. The second kappa shape index (κ2) is 8.41. The van der Waals surface area contributed by atoms with E-state index >= 15 is 0 Å². The molecule has 9 heteroatoms. The van der Waals surface area contributed by atoms with Gasteiger partial charge >= 0.3 is 0 Å². The van der Waals surface area contributed by atoms with Gasteiger partial charge in [0.25, 0.3) is 0 Å². The standard InChI is InChI=1S/C16H15FN4OS3/c1-21(9-13-3-2-8-23-13)14(22)10-24-16-20-19-15(25-16)18-12-6-4-11(17)5-7-12/h2-8H,9-10H2,1H3,(H,18,19). The Balaban J connectivity index is 1.49. The lowest BCUT2D eigenvalue weighted by Crippen LogP contribution is -2.27. The summed E-state index contributed by atoms with van der Waals surface area (Å²) in [6.45, 7) is 0.616. The van der Waals surface area contributed by atoms with Gasteiger partial charge in [-0.05, 0) is 35.7 Å². The Morgan fingerprint density at radius 2 is 2.08 bits per heavy atom. The fraction of sp³-hybridized carbons (Fsp3) is 0.188. The number of benzene rings is 1. The zero-order valence-electron chi connectivity index (χ0n) is 13.3. The van der Waals surface area contributed by atoms with E-state index in [1.165, 1.54) is 35.2 Å². The van der Waals surface area contributed by atoms with Crippen LogP contribution in [0.3, 0.4) is 0 Å². The highest BCUT2D eigenvalue weighted by Crippen LogP contribution is 2.28. The first kappa shape index (κ1) is 17.8. The number of hydrogen-bond acceptors (Lipinski definition) is 7. The molecule has 3 aromatic rings. The molecule has 25 heavy (non-hydrogen) atoms. The van der Waals surface area contributed by atoms with Gasteiger partial charge in [0, 0.05) is 17.6 Å². The topological polar surface area (TPSA) is 58.1 Å². The number of thiophene rings is 1. The van der Waals surface area contributed by atoms with Crippen molar-refractivity contribution in [1.82, 2.24) is 15.1 Å². The SMILES string of the molecule is CN(Cc1cccs1)C(=O)CSc1nnc(Nc2ccc(F)cc2)s1. The number of aromatic nitrogens is 2. The molecule has 3 rings (SSSR count). The van der Waals surface area contributed by atoms with Crippen LogP contribution in [0, 0.1) is 5.82 Å². The van der Waals surface area contributed by atoms with Crippen LogP contribution in [0.25, 0.3) is 0 Å². The van der Waals surface area contributed by atoms with Gasteiger partial charge in [-0.1, -0.05) is 29.2 Å². The first-order valence-corrected chi connectivity index (χ1v) is 10.0. The van der Waals surface area contributed by atoms with Crippen LogP contribution in [0.1, 0.15) is 4.88 Å². The molecular formula is C16H15FN4OS3. The molecule has 2 aromatic heterocycles. The smallest absolute Gasteiger partial charge is 0.233 e. The van der Waals surface area contributed by atoms with E-state index in [2.05, 4.69) is 15.5 Å². The third kappa shape index (κ3) is 5.25. The van der Waals surface area contributed by atoms with Crippen molar-refractivity contribution in [2.45, 2.75) is 10.9 Å². The van der Waals surface area contributed by atoms with Crippen LogP contribution in [0.5, 0.6) is 0 Å². The molecule has 0 aliphatic heterocycles. The summed E-state index contributed by atoms with van der Waals surface area (Å²) >= 11 is 4.35. The number of hydrogen-bond donors (Lipinski definition) is 1.